The minimum absolute atomic E-state index is 0.633. The SMILES string of the molecule is COc1cc(C)c(CCCCON)cc1C. The van der Waals surface area contributed by atoms with Crippen molar-refractivity contribution in [2.45, 2.75) is 33.1 Å². The van der Waals surface area contributed by atoms with Crippen LogP contribution in [0.2, 0.25) is 0 Å². The van der Waals surface area contributed by atoms with Gasteiger partial charge in [0.2, 0.25) is 0 Å². The van der Waals surface area contributed by atoms with E-state index >= 15 is 0 Å². The van der Waals surface area contributed by atoms with Crippen molar-refractivity contribution < 1.29 is 9.57 Å². The molecule has 0 saturated carbocycles. The second-order valence-corrected chi connectivity index (χ2v) is 4.08. The van der Waals surface area contributed by atoms with E-state index in [1.165, 1.54) is 16.7 Å². The third kappa shape index (κ3) is 3.51. The Balaban J connectivity index is 2.63. The molecular formula is C13H21NO2. The van der Waals surface area contributed by atoms with Crippen molar-refractivity contribution in [1.29, 1.82) is 0 Å². The average Bonchev–Trinajstić information content (AvgIpc) is 2.28. The van der Waals surface area contributed by atoms with Gasteiger partial charge in [0.05, 0.1) is 13.7 Å². The van der Waals surface area contributed by atoms with Crippen molar-refractivity contribution in [3.8, 4) is 5.75 Å². The van der Waals surface area contributed by atoms with Crippen LogP contribution in [0.5, 0.6) is 5.75 Å². The molecule has 0 unspecified atom stereocenters. The molecule has 0 aliphatic carbocycles. The first-order valence-electron chi connectivity index (χ1n) is 5.65. The number of nitrogens with two attached hydrogens (primary N) is 1. The first-order valence-corrected chi connectivity index (χ1v) is 5.65. The van der Waals surface area contributed by atoms with E-state index in [9.17, 15) is 0 Å². The van der Waals surface area contributed by atoms with Gasteiger partial charge in [0.15, 0.2) is 0 Å². The Morgan fingerprint density at radius 3 is 2.50 bits per heavy atom. The van der Waals surface area contributed by atoms with Gasteiger partial charge in [-0.15, -0.1) is 0 Å². The Hall–Kier alpha value is -1.06. The van der Waals surface area contributed by atoms with Gasteiger partial charge in [0.25, 0.3) is 0 Å². The number of unbranched alkanes of at least 4 members (excludes halogenated alkanes) is 1. The van der Waals surface area contributed by atoms with Crippen LogP contribution in [-0.2, 0) is 11.3 Å². The lowest BCUT2D eigenvalue weighted by molar-refractivity contribution is 0.134. The van der Waals surface area contributed by atoms with Crippen molar-refractivity contribution in [3.63, 3.8) is 0 Å². The van der Waals surface area contributed by atoms with Gasteiger partial charge in [0, 0.05) is 0 Å². The molecule has 0 aliphatic heterocycles. The molecule has 3 nitrogen and oxygen atoms in total. The molecule has 90 valence electrons. The molecule has 2 N–H and O–H groups in total. The summed E-state index contributed by atoms with van der Waals surface area (Å²) in [5, 5.41) is 0. The van der Waals surface area contributed by atoms with Crippen LogP contribution < -0.4 is 10.6 Å². The summed E-state index contributed by atoms with van der Waals surface area (Å²) in [4.78, 5) is 4.55. The molecule has 0 saturated heterocycles. The lowest BCUT2D eigenvalue weighted by atomic mass is 10.00. The maximum atomic E-state index is 5.29. The van der Waals surface area contributed by atoms with E-state index in [-0.39, 0.29) is 0 Å². The Bertz CT molecular complexity index is 337. The minimum atomic E-state index is 0.633. The van der Waals surface area contributed by atoms with Crippen molar-refractivity contribution in [3.05, 3.63) is 28.8 Å². The predicted octanol–water partition coefficient (Wildman–Crippen LogP) is 2.53. The zero-order chi connectivity index (χ0) is 12.0. The van der Waals surface area contributed by atoms with Crippen LogP contribution in [0.15, 0.2) is 12.1 Å². The van der Waals surface area contributed by atoms with Gasteiger partial charge in [-0.25, -0.2) is 5.90 Å². The Labute approximate surface area is 97.5 Å². The standard InChI is InChI=1S/C13H21NO2/c1-10-9-13(15-3)11(2)8-12(10)6-4-5-7-16-14/h8-9H,4-7,14H2,1-3H3. The maximum absolute atomic E-state index is 5.29. The summed E-state index contributed by atoms with van der Waals surface area (Å²) in [5.74, 6) is 5.95. The summed E-state index contributed by atoms with van der Waals surface area (Å²) in [6.45, 7) is 4.83. The number of ether oxygens (including phenoxy) is 1. The third-order valence-corrected chi connectivity index (χ3v) is 2.81. The second-order valence-electron chi connectivity index (χ2n) is 4.08. The monoisotopic (exact) mass is 223 g/mol. The highest BCUT2D eigenvalue weighted by atomic mass is 16.6. The van der Waals surface area contributed by atoms with Gasteiger partial charge in [-0.3, -0.25) is 0 Å². The molecule has 0 atom stereocenters. The molecule has 0 amide bonds. The molecule has 0 fully saturated rings. The molecule has 0 heterocycles. The van der Waals surface area contributed by atoms with E-state index < -0.39 is 0 Å². The van der Waals surface area contributed by atoms with E-state index in [0.29, 0.717) is 6.61 Å². The van der Waals surface area contributed by atoms with Crippen LogP contribution in [-0.4, -0.2) is 13.7 Å². The lowest BCUT2D eigenvalue weighted by Crippen LogP contribution is -2.01. The number of rotatable bonds is 6. The van der Waals surface area contributed by atoms with E-state index in [0.717, 1.165) is 25.0 Å². The molecule has 16 heavy (non-hydrogen) atoms. The highest BCUT2D eigenvalue weighted by molar-refractivity contribution is 5.41. The third-order valence-electron chi connectivity index (χ3n) is 2.81. The second kappa shape index (κ2) is 6.51. The van der Waals surface area contributed by atoms with Crippen molar-refractivity contribution in [2.75, 3.05) is 13.7 Å². The van der Waals surface area contributed by atoms with Gasteiger partial charge in [-0.05, 0) is 55.9 Å². The van der Waals surface area contributed by atoms with Gasteiger partial charge in [-0.1, -0.05) is 6.07 Å². The van der Waals surface area contributed by atoms with Crippen molar-refractivity contribution in [1.82, 2.24) is 0 Å². The fraction of sp³-hybridized carbons (Fsp3) is 0.538. The van der Waals surface area contributed by atoms with Gasteiger partial charge in [-0.2, -0.15) is 0 Å². The van der Waals surface area contributed by atoms with Crippen LogP contribution in [0.25, 0.3) is 0 Å². The number of hydrogen-bond donors (Lipinski definition) is 1. The topological polar surface area (TPSA) is 44.5 Å². The van der Waals surface area contributed by atoms with Gasteiger partial charge in [0.1, 0.15) is 5.75 Å². The maximum Gasteiger partial charge on any atom is 0.122 e. The first kappa shape index (κ1) is 13.0. The fourth-order valence-corrected chi connectivity index (χ4v) is 1.84. The molecular weight excluding hydrogens is 202 g/mol. The summed E-state index contributed by atoms with van der Waals surface area (Å²) in [6.07, 6.45) is 3.17. The minimum Gasteiger partial charge on any atom is -0.496 e. The Kier molecular flexibility index (Phi) is 5.29. The molecule has 1 aromatic carbocycles. The van der Waals surface area contributed by atoms with Crippen molar-refractivity contribution in [2.24, 2.45) is 5.90 Å². The van der Waals surface area contributed by atoms with Gasteiger partial charge < -0.3 is 9.57 Å². The van der Waals surface area contributed by atoms with Crippen LogP contribution in [0.3, 0.4) is 0 Å². The molecule has 0 bridgehead atoms. The highest BCUT2D eigenvalue weighted by Gasteiger charge is 2.04. The molecule has 0 aromatic heterocycles. The Morgan fingerprint density at radius 2 is 1.88 bits per heavy atom. The van der Waals surface area contributed by atoms with Crippen LogP contribution in [0.1, 0.15) is 29.5 Å². The quantitative estimate of drug-likeness (QED) is 0.595. The van der Waals surface area contributed by atoms with E-state index in [1.54, 1.807) is 7.11 Å². The van der Waals surface area contributed by atoms with Crippen LogP contribution in [0.4, 0.5) is 0 Å². The lowest BCUT2D eigenvalue weighted by Gasteiger charge is -2.11. The van der Waals surface area contributed by atoms with Gasteiger partial charge >= 0.3 is 0 Å². The summed E-state index contributed by atoms with van der Waals surface area (Å²) in [6, 6.07) is 4.31. The van der Waals surface area contributed by atoms with E-state index in [4.69, 9.17) is 10.6 Å². The Morgan fingerprint density at radius 1 is 1.12 bits per heavy atom. The molecule has 1 rings (SSSR count). The van der Waals surface area contributed by atoms with E-state index in [2.05, 4.69) is 30.8 Å². The molecule has 0 spiro atoms. The molecule has 0 aliphatic rings. The zero-order valence-electron chi connectivity index (χ0n) is 10.4. The number of benzene rings is 1. The summed E-state index contributed by atoms with van der Waals surface area (Å²) in [5.41, 5.74) is 3.87. The molecule has 0 radical (unpaired) electrons. The number of aryl methyl sites for hydroxylation is 3. The summed E-state index contributed by atoms with van der Waals surface area (Å²) < 4.78 is 5.29. The predicted molar refractivity (Wildman–Crippen MR) is 65.5 cm³/mol. The number of methoxy groups -OCH3 is 1. The highest BCUT2D eigenvalue weighted by Crippen LogP contribution is 2.23. The molecule has 3 heteroatoms. The number of hydrogen-bond acceptors (Lipinski definition) is 3. The van der Waals surface area contributed by atoms with Crippen LogP contribution >= 0.6 is 0 Å². The van der Waals surface area contributed by atoms with E-state index in [1.807, 2.05) is 0 Å². The molecule has 1 aromatic rings. The normalized spacial score (nSPS) is 10.5. The first-order chi connectivity index (χ1) is 7.69. The average molecular weight is 223 g/mol. The fourth-order valence-electron chi connectivity index (χ4n) is 1.84. The zero-order valence-corrected chi connectivity index (χ0v) is 10.4. The van der Waals surface area contributed by atoms with Crippen molar-refractivity contribution >= 4 is 0 Å². The largest absolute Gasteiger partial charge is 0.496 e. The van der Waals surface area contributed by atoms with Crippen LogP contribution in [0, 0.1) is 13.8 Å². The smallest absolute Gasteiger partial charge is 0.122 e. The summed E-state index contributed by atoms with van der Waals surface area (Å²) >= 11 is 0. The summed E-state index contributed by atoms with van der Waals surface area (Å²) in [7, 11) is 1.71.